The molecule has 0 radical (unpaired) electrons. The fourth-order valence-corrected chi connectivity index (χ4v) is 4.78. The molecule has 218 valence electrons. The smallest absolute Gasteiger partial charge is 0.396 e. The minimum absolute atomic E-state index is 0.0665. The Hall–Kier alpha value is -4.46. The van der Waals surface area contributed by atoms with Gasteiger partial charge in [-0.2, -0.15) is 5.10 Å². The summed E-state index contributed by atoms with van der Waals surface area (Å²) in [5.41, 5.74) is 4.14. The van der Waals surface area contributed by atoms with Gasteiger partial charge in [-0.3, -0.25) is 19.5 Å². The quantitative estimate of drug-likeness (QED) is 0.0824. The Morgan fingerprint density at radius 1 is 1.12 bits per heavy atom. The Morgan fingerprint density at radius 3 is 2.49 bits per heavy atom. The monoisotopic (exact) mass is 584 g/mol. The van der Waals surface area contributed by atoms with Crippen molar-refractivity contribution in [2.45, 2.75) is 51.6 Å². The number of carbonyl (C=O) groups excluding carboxylic acids is 1. The Bertz CT molecular complexity index is 1420. The first kappa shape index (κ1) is 31.1. The fourth-order valence-electron chi connectivity index (χ4n) is 3.85. The lowest BCUT2D eigenvalue weighted by atomic mass is 10.1. The minimum atomic E-state index is -0.625. The lowest BCUT2D eigenvalue weighted by molar-refractivity contribution is -0.392. The van der Waals surface area contributed by atoms with Crippen LogP contribution in [-0.4, -0.2) is 50.5 Å². The van der Waals surface area contributed by atoms with E-state index in [4.69, 9.17) is 9.47 Å². The lowest BCUT2D eigenvalue weighted by Crippen LogP contribution is -2.21. The summed E-state index contributed by atoms with van der Waals surface area (Å²) >= 11 is 0.931. The van der Waals surface area contributed by atoms with Crippen LogP contribution in [0.4, 0.5) is 11.5 Å². The number of nitro groups is 2. The zero-order valence-electron chi connectivity index (χ0n) is 23.3. The first-order valence-electron chi connectivity index (χ1n) is 12.9. The van der Waals surface area contributed by atoms with E-state index in [1.54, 1.807) is 24.5 Å². The predicted octanol–water partition coefficient (Wildman–Crippen LogP) is 5.27. The number of nitrogens with zero attached hydrogens (tertiary/aromatic N) is 5. The summed E-state index contributed by atoms with van der Waals surface area (Å²) in [6.07, 6.45) is 3.24. The SMILES string of the molecule is CCCCCOc1ccc(/C(C)=N/NC(=O)CSc2c([N+](=O)[O-])nc(C)n2Cc2ccc(OC)c([N+](=O)[O-])c2)cc1. The summed E-state index contributed by atoms with van der Waals surface area (Å²) in [6, 6.07) is 11.8. The van der Waals surface area contributed by atoms with Crippen molar-refractivity contribution < 1.29 is 24.1 Å². The van der Waals surface area contributed by atoms with Crippen molar-refractivity contribution in [3.63, 3.8) is 0 Å². The van der Waals surface area contributed by atoms with Gasteiger partial charge in [-0.05, 0) is 64.7 Å². The van der Waals surface area contributed by atoms with E-state index in [2.05, 4.69) is 22.4 Å². The van der Waals surface area contributed by atoms with Gasteiger partial charge in [0.25, 0.3) is 0 Å². The highest BCUT2D eigenvalue weighted by Crippen LogP contribution is 2.32. The number of unbranched alkanes of at least 4 members (excludes halogenated alkanes) is 2. The largest absolute Gasteiger partial charge is 0.494 e. The molecule has 2 aromatic carbocycles. The number of hydrogen-bond donors (Lipinski definition) is 1. The van der Waals surface area contributed by atoms with E-state index < -0.39 is 21.6 Å². The van der Waals surface area contributed by atoms with Crippen molar-refractivity contribution in [3.8, 4) is 11.5 Å². The van der Waals surface area contributed by atoms with Gasteiger partial charge in [-0.15, -0.1) is 0 Å². The Balaban J connectivity index is 1.68. The third kappa shape index (κ3) is 8.51. The van der Waals surface area contributed by atoms with Gasteiger partial charge in [0, 0.05) is 13.0 Å². The molecule has 0 saturated carbocycles. The number of benzene rings is 2. The number of thioether (sulfide) groups is 1. The Kier molecular flexibility index (Phi) is 11.2. The summed E-state index contributed by atoms with van der Waals surface area (Å²) in [7, 11) is 1.33. The number of nitrogens with one attached hydrogen (secondary N) is 1. The molecular formula is C27H32N6O7S. The molecular weight excluding hydrogens is 552 g/mol. The number of nitro benzene ring substituents is 1. The van der Waals surface area contributed by atoms with Crippen molar-refractivity contribution in [3.05, 3.63) is 79.6 Å². The maximum atomic E-state index is 12.6. The van der Waals surface area contributed by atoms with Crippen LogP contribution in [0.1, 0.15) is 50.1 Å². The first-order valence-corrected chi connectivity index (χ1v) is 13.8. The molecule has 0 aliphatic rings. The van der Waals surface area contributed by atoms with Crippen LogP contribution in [0.5, 0.6) is 11.5 Å². The number of rotatable bonds is 15. The summed E-state index contributed by atoms with van der Waals surface area (Å²) < 4.78 is 12.3. The number of methoxy groups -OCH3 is 1. The molecule has 0 spiro atoms. The van der Waals surface area contributed by atoms with Gasteiger partial charge in [0.2, 0.25) is 11.7 Å². The molecule has 0 bridgehead atoms. The number of carbonyl (C=O) groups is 1. The molecule has 0 unspecified atom stereocenters. The number of amides is 1. The number of aromatic nitrogens is 2. The molecule has 1 N–H and O–H groups in total. The van der Waals surface area contributed by atoms with Crippen molar-refractivity contribution in [2.24, 2.45) is 5.10 Å². The molecule has 3 aromatic rings. The second kappa shape index (κ2) is 14.8. The molecule has 13 nitrogen and oxygen atoms in total. The third-order valence-corrected chi connectivity index (χ3v) is 7.11. The van der Waals surface area contributed by atoms with Gasteiger partial charge in [-0.25, -0.2) is 5.43 Å². The summed E-state index contributed by atoms with van der Waals surface area (Å²) in [5, 5.41) is 27.4. The van der Waals surface area contributed by atoms with Crippen LogP contribution in [0.25, 0.3) is 0 Å². The van der Waals surface area contributed by atoms with Gasteiger partial charge >= 0.3 is 11.5 Å². The zero-order chi connectivity index (χ0) is 29.9. The zero-order valence-corrected chi connectivity index (χ0v) is 24.1. The van der Waals surface area contributed by atoms with Gasteiger partial charge in [0.15, 0.2) is 10.8 Å². The molecule has 1 aromatic heterocycles. The Morgan fingerprint density at radius 2 is 1.85 bits per heavy atom. The molecule has 0 fully saturated rings. The summed E-state index contributed by atoms with van der Waals surface area (Å²) in [4.78, 5) is 38.5. The lowest BCUT2D eigenvalue weighted by Gasteiger charge is -2.10. The predicted molar refractivity (Wildman–Crippen MR) is 155 cm³/mol. The third-order valence-electron chi connectivity index (χ3n) is 6.03. The number of ether oxygens (including phenoxy) is 2. The van der Waals surface area contributed by atoms with Gasteiger partial charge in [0.05, 0.1) is 36.6 Å². The number of hydrazone groups is 1. The maximum Gasteiger partial charge on any atom is 0.396 e. The molecule has 1 amide bonds. The van der Waals surface area contributed by atoms with Crippen LogP contribution in [0, 0.1) is 27.2 Å². The van der Waals surface area contributed by atoms with Crippen molar-refractivity contribution in [1.82, 2.24) is 15.0 Å². The van der Waals surface area contributed by atoms with E-state index >= 15 is 0 Å². The fraction of sp³-hybridized carbons (Fsp3) is 0.370. The van der Waals surface area contributed by atoms with Gasteiger partial charge < -0.3 is 19.6 Å². The van der Waals surface area contributed by atoms with Gasteiger partial charge in [0.1, 0.15) is 5.75 Å². The van der Waals surface area contributed by atoms with E-state index in [-0.39, 0.29) is 28.8 Å². The summed E-state index contributed by atoms with van der Waals surface area (Å²) in [5.74, 6) is 0.141. The molecule has 14 heteroatoms. The highest BCUT2D eigenvalue weighted by Gasteiger charge is 2.27. The maximum absolute atomic E-state index is 12.6. The number of aryl methyl sites for hydroxylation is 1. The van der Waals surface area contributed by atoms with Crippen LogP contribution < -0.4 is 14.9 Å². The molecule has 41 heavy (non-hydrogen) atoms. The van der Waals surface area contributed by atoms with E-state index in [1.165, 1.54) is 19.2 Å². The average molecular weight is 585 g/mol. The first-order chi connectivity index (χ1) is 19.6. The van der Waals surface area contributed by atoms with Crippen molar-refractivity contribution >= 4 is 34.9 Å². The van der Waals surface area contributed by atoms with E-state index in [1.807, 2.05) is 24.3 Å². The molecule has 1 heterocycles. The van der Waals surface area contributed by atoms with Crippen LogP contribution in [0.15, 0.2) is 52.6 Å². The normalized spacial score (nSPS) is 11.3. The van der Waals surface area contributed by atoms with Crippen molar-refractivity contribution in [2.75, 3.05) is 19.5 Å². The standard InChI is InChI=1S/C27H32N6O7S/c1-5-6-7-14-40-22-11-9-21(10-12-22)18(2)29-30-25(34)17-41-27-26(33(37)38)28-19(3)31(27)16-20-8-13-24(39-4)23(15-20)32(35)36/h8-13,15H,5-7,14,16-17H2,1-4H3,(H,30,34)/b29-18+. The highest BCUT2D eigenvalue weighted by molar-refractivity contribution is 8.00. The Labute approximate surface area is 241 Å². The van der Waals surface area contributed by atoms with Crippen LogP contribution in [-0.2, 0) is 11.3 Å². The second-order valence-electron chi connectivity index (χ2n) is 9.00. The minimum Gasteiger partial charge on any atom is -0.494 e. The highest BCUT2D eigenvalue weighted by atomic mass is 32.2. The van der Waals surface area contributed by atoms with E-state index in [9.17, 15) is 25.0 Å². The molecule has 3 rings (SSSR count). The number of imidazole rings is 1. The second-order valence-corrected chi connectivity index (χ2v) is 9.96. The van der Waals surface area contributed by atoms with Gasteiger partial charge in [-0.1, -0.05) is 37.6 Å². The molecule has 0 aliphatic carbocycles. The summed E-state index contributed by atoms with van der Waals surface area (Å²) in [6.45, 7) is 6.20. The molecule has 0 aliphatic heterocycles. The van der Waals surface area contributed by atoms with Crippen LogP contribution >= 0.6 is 11.8 Å². The molecule has 0 saturated heterocycles. The van der Waals surface area contributed by atoms with E-state index in [0.29, 0.717) is 23.7 Å². The van der Waals surface area contributed by atoms with Crippen LogP contribution in [0.2, 0.25) is 0 Å². The van der Waals surface area contributed by atoms with E-state index in [0.717, 1.165) is 42.3 Å². The number of hydrogen-bond acceptors (Lipinski definition) is 10. The molecule has 0 atom stereocenters. The average Bonchev–Trinajstić information content (AvgIpc) is 3.27. The topological polar surface area (TPSA) is 164 Å². The van der Waals surface area contributed by atoms with Crippen molar-refractivity contribution in [1.29, 1.82) is 0 Å². The van der Waals surface area contributed by atoms with Crippen LogP contribution in [0.3, 0.4) is 0 Å².